The molecule has 0 saturated heterocycles. The Labute approximate surface area is 151 Å². The molecule has 0 aliphatic carbocycles. The van der Waals surface area contributed by atoms with Gasteiger partial charge < -0.3 is 9.15 Å². The fraction of sp³-hybridized carbons (Fsp3) is 0.125. The van der Waals surface area contributed by atoms with Gasteiger partial charge in [-0.25, -0.2) is 13.1 Å². The smallest absolute Gasteiger partial charge is 0.459 e. The molecule has 2 aromatic heterocycles. The molecule has 138 valence electrons. The predicted molar refractivity (Wildman–Crippen MR) is 89.2 cm³/mol. The Bertz CT molecular complexity index is 979. The molecular formula is C16H12F3NO4S2. The zero-order valence-corrected chi connectivity index (χ0v) is 14.6. The van der Waals surface area contributed by atoms with Gasteiger partial charge in [0.05, 0.1) is 11.4 Å². The van der Waals surface area contributed by atoms with Crippen LogP contribution in [-0.2, 0) is 16.6 Å². The molecule has 0 aliphatic heterocycles. The number of benzene rings is 1. The van der Waals surface area contributed by atoms with Crippen LogP contribution in [0.1, 0.15) is 5.76 Å². The first kappa shape index (κ1) is 18.5. The maximum absolute atomic E-state index is 12.4. The maximum Gasteiger partial charge on any atom is 0.573 e. The van der Waals surface area contributed by atoms with Crippen LogP contribution in [0.2, 0.25) is 0 Å². The number of rotatable bonds is 6. The Morgan fingerprint density at radius 1 is 1.08 bits per heavy atom. The summed E-state index contributed by atoms with van der Waals surface area (Å²) in [6, 6.07) is 11.5. The van der Waals surface area contributed by atoms with E-state index < -0.39 is 27.0 Å². The van der Waals surface area contributed by atoms with Crippen molar-refractivity contribution in [2.75, 3.05) is 0 Å². The van der Waals surface area contributed by atoms with Crippen LogP contribution < -0.4 is 9.46 Å². The van der Waals surface area contributed by atoms with Crippen LogP contribution in [-0.4, -0.2) is 14.8 Å². The number of alkyl halides is 3. The molecule has 0 atom stereocenters. The van der Waals surface area contributed by atoms with Gasteiger partial charge in [0.15, 0.2) is 0 Å². The molecule has 0 fully saturated rings. The Kier molecular flexibility index (Phi) is 5.08. The summed E-state index contributed by atoms with van der Waals surface area (Å²) < 4.78 is 73.6. The fourth-order valence-electron chi connectivity index (χ4n) is 2.15. The summed E-state index contributed by atoms with van der Waals surface area (Å²) in [5.74, 6) is 0.104. The van der Waals surface area contributed by atoms with E-state index in [1.165, 1.54) is 23.5 Å². The lowest BCUT2D eigenvalue weighted by Gasteiger charge is -2.13. The highest BCUT2D eigenvalue weighted by Crippen LogP contribution is 2.30. The summed E-state index contributed by atoms with van der Waals surface area (Å²) >= 11 is 1.46. The number of hydrogen-bond donors (Lipinski definition) is 1. The van der Waals surface area contributed by atoms with Gasteiger partial charge in [-0.2, -0.15) is 0 Å². The van der Waals surface area contributed by atoms with E-state index >= 15 is 0 Å². The zero-order valence-electron chi connectivity index (χ0n) is 13.0. The Morgan fingerprint density at radius 3 is 2.54 bits per heavy atom. The lowest BCUT2D eigenvalue weighted by molar-refractivity contribution is -0.275. The highest BCUT2D eigenvalue weighted by Gasteiger charge is 2.34. The van der Waals surface area contributed by atoms with Crippen molar-refractivity contribution in [2.24, 2.45) is 0 Å². The molecule has 1 aromatic carbocycles. The second-order valence-electron chi connectivity index (χ2n) is 5.06. The number of sulfonamides is 1. The lowest BCUT2D eigenvalue weighted by atomic mass is 10.3. The molecule has 0 saturated carbocycles. The van der Waals surface area contributed by atoms with Crippen molar-refractivity contribution in [3.8, 4) is 16.4 Å². The minimum Gasteiger partial charge on any atom is -0.459 e. The number of thiophene rings is 1. The highest BCUT2D eigenvalue weighted by molar-refractivity contribution is 7.89. The quantitative estimate of drug-likeness (QED) is 0.663. The van der Waals surface area contributed by atoms with E-state index in [2.05, 4.69) is 9.46 Å². The molecule has 0 amide bonds. The monoisotopic (exact) mass is 403 g/mol. The maximum atomic E-state index is 12.4. The first-order valence-electron chi connectivity index (χ1n) is 7.22. The number of nitrogens with one attached hydrogen (secondary N) is 1. The Balaban J connectivity index is 1.76. The number of halogens is 3. The van der Waals surface area contributed by atoms with E-state index in [9.17, 15) is 21.6 Å². The molecule has 0 radical (unpaired) electrons. The normalized spacial score (nSPS) is 12.3. The van der Waals surface area contributed by atoms with Crippen molar-refractivity contribution in [3.63, 3.8) is 0 Å². The molecule has 2 heterocycles. The minimum atomic E-state index is -5.00. The average Bonchev–Trinajstić information content (AvgIpc) is 3.23. The van der Waals surface area contributed by atoms with Gasteiger partial charge >= 0.3 is 6.36 Å². The van der Waals surface area contributed by atoms with Crippen molar-refractivity contribution < 1.29 is 30.7 Å². The molecule has 3 aromatic rings. The SMILES string of the molecule is O=S(=O)(NCc1ccc(-c2cccs2)o1)c1ccccc1OC(F)(F)F. The fourth-order valence-corrected chi connectivity index (χ4v) is 3.96. The standard InChI is InChI=1S/C16H12F3NO4S2/c17-16(18,19)24-13-4-1-2-6-15(13)26(21,22)20-10-11-7-8-12(23-11)14-5-3-9-25-14/h1-9,20H,10H2. The number of ether oxygens (including phenoxy) is 1. The van der Waals surface area contributed by atoms with Gasteiger partial charge in [-0.05, 0) is 35.7 Å². The molecule has 26 heavy (non-hydrogen) atoms. The Hall–Kier alpha value is -2.30. The second kappa shape index (κ2) is 7.14. The van der Waals surface area contributed by atoms with Crippen molar-refractivity contribution >= 4 is 21.4 Å². The zero-order chi connectivity index (χ0) is 18.8. The number of para-hydroxylation sites is 1. The van der Waals surface area contributed by atoms with Gasteiger partial charge in [-0.1, -0.05) is 18.2 Å². The summed E-state index contributed by atoms with van der Waals surface area (Å²) in [4.78, 5) is 0.269. The van der Waals surface area contributed by atoms with Crippen LogP contribution in [0.5, 0.6) is 5.75 Å². The van der Waals surface area contributed by atoms with E-state index in [4.69, 9.17) is 4.42 Å². The van der Waals surface area contributed by atoms with E-state index in [1.807, 2.05) is 17.5 Å². The van der Waals surface area contributed by atoms with E-state index in [0.29, 0.717) is 11.5 Å². The molecule has 0 aliphatic rings. The topological polar surface area (TPSA) is 68.5 Å². The van der Waals surface area contributed by atoms with Crippen LogP contribution in [0.15, 0.2) is 63.2 Å². The van der Waals surface area contributed by atoms with Gasteiger partial charge in [0.25, 0.3) is 0 Å². The van der Waals surface area contributed by atoms with Gasteiger partial charge in [0.1, 0.15) is 22.2 Å². The summed E-state index contributed by atoms with van der Waals surface area (Å²) in [6.45, 7) is -0.214. The first-order valence-corrected chi connectivity index (χ1v) is 9.58. The number of furan rings is 1. The van der Waals surface area contributed by atoms with Crippen LogP contribution in [0.3, 0.4) is 0 Å². The third kappa shape index (κ3) is 4.45. The van der Waals surface area contributed by atoms with Crippen molar-refractivity contribution in [1.82, 2.24) is 4.72 Å². The lowest BCUT2D eigenvalue weighted by Crippen LogP contribution is -2.25. The largest absolute Gasteiger partial charge is 0.573 e. The molecule has 3 rings (SSSR count). The van der Waals surface area contributed by atoms with Gasteiger partial charge in [0.2, 0.25) is 10.0 Å². The summed E-state index contributed by atoms with van der Waals surface area (Å²) in [5.41, 5.74) is 0. The molecule has 0 unspecified atom stereocenters. The second-order valence-corrected chi connectivity index (χ2v) is 7.75. The van der Waals surface area contributed by atoms with Crippen molar-refractivity contribution in [2.45, 2.75) is 17.8 Å². The average molecular weight is 403 g/mol. The molecule has 10 heteroatoms. The molecule has 1 N–H and O–H groups in total. The predicted octanol–water partition coefficient (Wildman–Crippen LogP) is 4.39. The Morgan fingerprint density at radius 2 is 1.85 bits per heavy atom. The van der Waals surface area contributed by atoms with Gasteiger partial charge in [0, 0.05) is 0 Å². The highest BCUT2D eigenvalue weighted by atomic mass is 32.2. The third-order valence-corrected chi connectivity index (χ3v) is 5.55. The summed E-state index contributed by atoms with van der Waals surface area (Å²) in [6.07, 6.45) is -5.00. The van der Waals surface area contributed by atoms with Gasteiger partial charge in [-0.3, -0.25) is 0 Å². The van der Waals surface area contributed by atoms with Crippen LogP contribution >= 0.6 is 11.3 Å². The van der Waals surface area contributed by atoms with Crippen molar-refractivity contribution in [3.05, 3.63) is 59.7 Å². The molecule has 0 spiro atoms. The van der Waals surface area contributed by atoms with E-state index in [-0.39, 0.29) is 6.54 Å². The van der Waals surface area contributed by atoms with Crippen LogP contribution in [0, 0.1) is 0 Å². The summed E-state index contributed by atoms with van der Waals surface area (Å²) in [7, 11) is -4.24. The first-order chi connectivity index (χ1) is 12.2. The summed E-state index contributed by atoms with van der Waals surface area (Å²) in [5, 5.41) is 1.87. The molecule has 0 bridgehead atoms. The van der Waals surface area contributed by atoms with E-state index in [0.717, 1.165) is 17.0 Å². The molecular weight excluding hydrogens is 391 g/mol. The van der Waals surface area contributed by atoms with Crippen LogP contribution in [0.25, 0.3) is 10.6 Å². The minimum absolute atomic E-state index is 0.214. The van der Waals surface area contributed by atoms with E-state index in [1.54, 1.807) is 12.1 Å². The molecule has 5 nitrogen and oxygen atoms in total. The van der Waals surface area contributed by atoms with Crippen molar-refractivity contribution in [1.29, 1.82) is 0 Å². The van der Waals surface area contributed by atoms with Gasteiger partial charge in [-0.15, -0.1) is 24.5 Å². The van der Waals surface area contributed by atoms with Crippen LogP contribution in [0.4, 0.5) is 13.2 Å². The number of hydrogen-bond acceptors (Lipinski definition) is 5. The third-order valence-electron chi connectivity index (χ3n) is 3.23.